The van der Waals surface area contributed by atoms with Crippen LogP contribution >= 0.6 is 0 Å². The molecule has 2 aliphatic rings. The topological polar surface area (TPSA) is 89.9 Å². The van der Waals surface area contributed by atoms with Gasteiger partial charge in [0.2, 0.25) is 0 Å². The van der Waals surface area contributed by atoms with Crippen LogP contribution in [-0.2, 0) is 14.9 Å². The lowest BCUT2D eigenvalue weighted by Crippen LogP contribution is -2.42. The van der Waals surface area contributed by atoms with Crippen LogP contribution in [0.1, 0.15) is 59.9 Å². The Bertz CT molecular complexity index is 973. The summed E-state index contributed by atoms with van der Waals surface area (Å²) in [7, 11) is -4.29. The number of ether oxygens (including phenoxy) is 2. The van der Waals surface area contributed by atoms with E-state index in [1.165, 1.54) is 0 Å². The fourth-order valence-corrected chi connectivity index (χ4v) is 6.38. The van der Waals surface area contributed by atoms with E-state index in [1.54, 1.807) is 0 Å². The molecular weight excluding hydrogens is 404 g/mol. The van der Waals surface area contributed by atoms with Crippen LogP contribution in [0, 0.1) is 16.7 Å². The zero-order valence-corrected chi connectivity index (χ0v) is 19.4. The summed E-state index contributed by atoms with van der Waals surface area (Å²) in [5.74, 6) is 0.521. The third-order valence-electron chi connectivity index (χ3n) is 6.49. The highest BCUT2D eigenvalue weighted by Crippen LogP contribution is 2.66. The first kappa shape index (κ1) is 22.8. The Kier molecular flexibility index (Phi) is 5.84. The Labute approximate surface area is 179 Å². The number of hydrogen-bond acceptors (Lipinski definition) is 5. The van der Waals surface area contributed by atoms with Crippen molar-refractivity contribution in [3.8, 4) is 11.5 Å². The molecule has 3 rings (SSSR count). The van der Waals surface area contributed by atoms with Gasteiger partial charge in [0.05, 0.1) is 23.4 Å². The smallest absolute Gasteiger partial charge is 0.265 e. The molecule has 0 aromatic heterocycles. The highest BCUT2D eigenvalue weighted by Gasteiger charge is 2.67. The minimum absolute atomic E-state index is 0.00320. The van der Waals surface area contributed by atoms with Crippen LogP contribution in [-0.4, -0.2) is 36.7 Å². The van der Waals surface area contributed by atoms with Gasteiger partial charge >= 0.3 is 0 Å². The van der Waals surface area contributed by atoms with Gasteiger partial charge in [-0.1, -0.05) is 13.8 Å². The predicted octanol–water partition coefficient (Wildman–Crippen LogP) is 4.54. The zero-order valence-electron chi connectivity index (χ0n) is 18.6. The van der Waals surface area contributed by atoms with E-state index < -0.39 is 26.7 Å². The molecule has 0 saturated heterocycles. The number of ketones is 1. The molecule has 6 nitrogen and oxygen atoms in total. The van der Waals surface area contributed by atoms with Crippen LogP contribution in [0.3, 0.4) is 0 Å². The Balaban J connectivity index is 2.09. The van der Waals surface area contributed by atoms with Gasteiger partial charge < -0.3 is 9.47 Å². The maximum absolute atomic E-state index is 13.5. The molecule has 0 amide bonds. The van der Waals surface area contributed by atoms with Crippen molar-refractivity contribution in [2.24, 2.45) is 16.7 Å². The first-order valence-corrected chi connectivity index (χ1v) is 12.1. The molecule has 0 aliphatic heterocycles. The Morgan fingerprint density at radius 3 is 2.37 bits per heavy atom. The SMILES string of the molecule is CC(C)Oc1ccc(OC(C)C)c(C=C2C(=O)C3(CS(=O)(=O)O)CCC2C3(C)C)c1. The van der Waals surface area contributed by atoms with Gasteiger partial charge in [0.15, 0.2) is 5.78 Å². The number of carbonyl (C=O) groups is 1. The summed E-state index contributed by atoms with van der Waals surface area (Å²) in [4.78, 5) is 13.5. The van der Waals surface area contributed by atoms with Gasteiger partial charge in [-0.2, -0.15) is 8.42 Å². The molecule has 1 aromatic rings. The van der Waals surface area contributed by atoms with Crippen LogP contribution in [0.4, 0.5) is 0 Å². The lowest BCUT2D eigenvalue weighted by molar-refractivity contribution is -0.125. The minimum Gasteiger partial charge on any atom is -0.491 e. The summed E-state index contributed by atoms with van der Waals surface area (Å²) < 4.78 is 44.8. The molecule has 0 radical (unpaired) electrons. The van der Waals surface area contributed by atoms with E-state index in [1.807, 2.05) is 65.8 Å². The fraction of sp³-hybridized carbons (Fsp3) is 0.609. The van der Waals surface area contributed by atoms with Crippen molar-refractivity contribution in [3.05, 3.63) is 29.3 Å². The quantitative estimate of drug-likeness (QED) is 0.499. The van der Waals surface area contributed by atoms with Gasteiger partial charge in [-0.15, -0.1) is 0 Å². The predicted molar refractivity (Wildman–Crippen MR) is 116 cm³/mol. The molecule has 0 heterocycles. The van der Waals surface area contributed by atoms with Crippen LogP contribution < -0.4 is 9.47 Å². The molecule has 2 bridgehead atoms. The summed E-state index contributed by atoms with van der Waals surface area (Å²) in [5, 5.41) is 0. The van der Waals surface area contributed by atoms with E-state index in [2.05, 4.69) is 0 Å². The average Bonchev–Trinajstić information content (AvgIpc) is 2.89. The van der Waals surface area contributed by atoms with Crippen LogP contribution in [0.15, 0.2) is 23.8 Å². The monoisotopic (exact) mass is 436 g/mol. The van der Waals surface area contributed by atoms with Gasteiger partial charge in [-0.3, -0.25) is 9.35 Å². The molecule has 166 valence electrons. The fourth-order valence-electron chi connectivity index (χ4n) is 5.11. The largest absolute Gasteiger partial charge is 0.491 e. The van der Waals surface area contributed by atoms with E-state index in [9.17, 15) is 17.8 Å². The van der Waals surface area contributed by atoms with Gasteiger partial charge in [0.1, 0.15) is 11.5 Å². The average molecular weight is 437 g/mol. The van der Waals surface area contributed by atoms with Gasteiger partial charge in [-0.05, 0) is 76.1 Å². The molecule has 1 N–H and O–H groups in total. The zero-order chi connectivity index (χ0) is 22.5. The molecule has 2 fully saturated rings. The molecule has 7 heteroatoms. The molecule has 2 atom stereocenters. The molecule has 30 heavy (non-hydrogen) atoms. The third-order valence-corrected chi connectivity index (χ3v) is 7.35. The Morgan fingerprint density at radius 1 is 1.17 bits per heavy atom. The molecule has 2 aliphatic carbocycles. The number of allylic oxidation sites excluding steroid dienone is 1. The number of carbonyl (C=O) groups excluding carboxylic acids is 1. The normalized spacial score (nSPS) is 26.8. The maximum Gasteiger partial charge on any atom is 0.265 e. The van der Waals surface area contributed by atoms with Gasteiger partial charge in [-0.25, -0.2) is 0 Å². The van der Waals surface area contributed by atoms with Gasteiger partial charge in [0, 0.05) is 11.1 Å². The maximum atomic E-state index is 13.5. The number of hydrogen-bond donors (Lipinski definition) is 1. The molecule has 0 spiro atoms. The molecular formula is C23H32O6S. The van der Waals surface area contributed by atoms with Crippen LogP contribution in [0.2, 0.25) is 0 Å². The summed E-state index contributed by atoms with van der Waals surface area (Å²) in [6.07, 6.45) is 2.96. The van der Waals surface area contributed by atoms with Crippen molar-refractivity contribution in [2.75, 3.05) is 5.75 Å². The number of rotatable bonds is 7. The molecule has 1 aromatic carbocycles. The van der Waals surface area contributed by atoms with Crippen molar-refractivity contribution in [2.45, 2.75) is 66.6 Å². The van der Waals surface area contributed by atoms with E-state index in [-0.39, 0.29) is 23.9 Å². The van der Waals surface area contributed by atoms with Crippen LogP contribution in [0.25, 0.3) is 6.08 Å². The van der Waals surface area contributed by atoms with Crippen molar-refractivity contribution in [1.29, 1.82) is 0 Å². The van der Waals surface area contributed by atoms with Crippen LogP contribution in [0.5, 0.6) is 11.5 Å². The number of benzene rings is 1. The summed E-state index contributed by atoms with van der Waals surface area (Å²) in [6, 6.07) is 5.53. The second kappa shape index (κ2) is 7.68. The standard InChI is InChI=1S/C23H32O6S/c1-14(2)28-17-7-8-20(29-15(3)4)16(11-17)12-18-19-9-10-23(21(18)24,22(19,5)6)13-30(25,26)27/h7-8,11-12,14-15,19H,9-10,13H2,1-6H3,(H,25,26,27). The third kappa shape index (κ3) is 4.02. The van der Waals surface area contributed by atoms with Crippen molar-refractivity contribution in [3.63, 3.8) is 0 Å². The molecule has 2 unspecified atom stereocenters. The first-order chi connectivity index (χ1) is 13.8. The van der Waals surface area contributed by atoms with E-state index in [0.717, 1.165) is 5.56 Å². The lowest BCUT2D eigenvalue weighted by atomic mass is 9.70. The summed E-state index contributed by atoms with van der Waals surface area (Å²) >= 11 is 0. The van der Waals surface area contributed by atoms with Crippen molar-refractivity contribution < 1.29 is 27.2 Å². The molecule has 2 saturated carbocycles. The van der Waals surface area contributed by atoms with Gasteiger partial charge in [0.25, 0.3) is 10.1 Å². The Hall–Kier alpha value is -1.86. The highest BCUT2D eigenvalue weighted by atomic mass is 32.2. The van der Waals surface area contributed by atoms with E-state index >= 15 is 0 Å². The lowest BCUT2D eigenvalue weighted by Gasteiger charge is -2.34. The summed E-state index contributed by atoms with van der Waals surface area (Å²) in [5.41, 5.74) is -0.320. The Morgan fingerprint density at radius 2 is 1.80 bits per heavy atom. The second-order valence-electron chi connectivity index (χ2n) is 9.58. The number of Topliss-reactive ketones (excluding diaryl/α,β-unsaturated/α-hetero) is 1. The number of fused-ring (bicyclic) bond motifs is 2. The van der Waals surface area contributed by atoms with E-state index in [4.69, 9.17) is 9.47 Å². The second-order valence-corrected chi connectivity index (χ2v) is 11.0. The van der Waals surface area contributed by atoms with Crippen molar-refractivity contribution in [1.82, 2.24) is 0 Å². The minimum atomic E-state index is -4.29. The summed E-state index contributed by atoms with van der Waals surface area (Å²) in [6.45, 7) is 11.6. The van der Waals surface area contributed by atoms with Crippen molar-refractivity contribution >= 4 is 22.0 Å². The van der Waals surface area contributed by atoms with E-state index in [0.29, 0.717) is 29.9 Å². The highest BCUT2D eigenvalue weighted by molar-refractivity contribution is 7.85. The first-order valence-electron chi connectivity index (χ1n) is 10.5.